The number of rotatable bonds is 6. The van der Waals surface area contributed by atoms with Gasteiger partial charge < -0.3 is 14.8 Å². The van der Waals surface area contributed by atoms with Crippen LogP contribution >= 0.6 is 34.8 Å². The number of imide groups is 1. The fourth-order valence-corrected chi connectivity index (χ4v) is 5.06. The monoisotopic (exact) mass is 538 g/mol. The molecule has 35 heavy (non-hydrogen) atoms. The van der Waals surface area contributed by atoms with E-state index in [2.05, 4.69) is 5.32 Å². The molecule has 0 radical (unpaired) electrons. The highest BCUT2D eigenvalue weighted by Crippen LogP contribution is 2.43. The zero-order chi connectivity index (χ0) is 25.3. The Hall–Kier alpha value is -2.81. The minimum Gasteiger partial charge on any atom is -0.495 e. The summed E-state index contributed by atoms with van der Waals surface area (Å²) in [6.07, 6.45) is 0.630. The van der Waals surface area contributed by atoms with Gasteiger partial charge in [-0.2, -0.15) is 0 Å². The molecular weight excluding hydrogens is 519 g/mol. The zero-order valence-corrected chi connectivity index (χ0v) is 20.8. The van der Waals surface area contributed by atoms with Crippen molar-refractivity contribution in [3.8, 4) is 5.75 Å². The largest absolute Gasteiger partial charge is 0.495 e. The lowest BCUT2D eigenvalue weighted by atomic mass is 9.80. The van der Waals surface area contributed by atoms with E-state index in [1.54, 1.807) is 18.2 Å². The molecule has 1 saturated heterocycles. The van der Waals surface area contributed by atoms with Crippen molar-refractivity contribution in [2.24, 2.45) is 11.8 Å². The maximum absolute atomic E-state index is 13.0. The lowest BCUT2D eigenvalue weighted by Crippen LogP contribution is -2.34. The van der Waals surface area contributed by atoms with E-state index in [0.717, 1.165) is 4.90 Å². The zero-order valence-electron chi connectivity index (χ0n) is 18.5. The fraction of sp³-hybridized carbons (Fsp3) is 0.333. The van der Waals surface area contributed by atoms with E-state index in [1.165, 1.54) is 31.4 Å². The van der Waals surface area contributed by atoms with E-state index in [1.807, 2.05) is 0 Å². The number of hydrogen-bond acceptors (Lipinski definition) is 6. The number of esters is 1. The number of amides is 3. The van der Waals surface area contributed by atoms with Gasteiger partial charge in [-0.3, -0.25) is 19.3 Å². The van der Waals surface area contributed by atoms with Gasteiger partial charge in [0.25, 0.3) is 5.91 Å². The summed E-state index contributed by atoms with van der Waals surface area (Å²) < 4.78 is 10.3. The lowest BCUT2D eigenvalue weighted by molar-refractivity contribution is -0.122. The Balaban J connectivity index is 1.42. The molecule has 0 spiro atoms. The van der Waals surface area contributed by atoms with E-state index in [4.69, 9.17) is 44.3 Å². The summed E-state index contributed by atoms with van der Waals surface area (Å²) in [5.74, 6) is -2.81. The molecule has 1 heterocycles. The van der Waals surface area contributed by atoms with Gasteiger partial charge in [-0.1, -0.05) is 17.7 Å². The minimum absolute atomic E-state index is 0.0801. The Labute approximate surface area is 216 Å². The van der Waals surface area contributed by atoms with Crippen LogP contribution in [0.5, 0.6) is 5.75 Å². The molecule has 2 aromatic carbocycles. The van der Waals surface area contributed by atoms with Crippen molar-refractivity contribution < 1.29 is 28.7 Å². The average molecular weight is 540 g/mol. The molecular formula is C24H21Cl3N2O6. The molecule has 1 aliphatic heterocycles. The maximum Gasteiger partial charge on any atom is 0.338 e. The van der Waals surface area contributed by atoms with Crippen molar-refractivity contribution in [2.45, 2.75) is 23.6 Å². The number of ether oxygens (including phenoxy) is 2. The molecule has 184 valence electrons. The number of nitrogens with one attached hydrogen (secondary N) is 1. The van der Waals surface area contributed by atoms with Crippen LogP contribution < -0.4 is 15.0 Å². The third kappa shape index (κ3) is 5.24. The Morgan fingerprint density at radius 1 is 1.03 bits per heavy atom. The van der Waals surface area contributed by atoms with Gasteiger partial charge in [-0.25, -0.2) is 4.79 Å². The van der Waals surface area contributed by atoms with Crippen LogP contribution in [0.25, 0.3) is 0 Å². The second kappa shape index (κ2) is 10.4. The Morgan fingerprint density at radius 2 is 1.69 bits per heavy atom. The molecule has 4 atom stereocenters. The van der Waals surface area contributed by atoms with Crippen molar-refractivity contribution in [2.75, 3.05) is 23.9 Å². The summed E-state index contributed by atoms with van der Waals surface area (Å²) in [4.78, 5) is 51.9. The van der Waals surface area contributed by atoms with Gasteiger partial charge in [0.1, 0.15) is 5.75 Å². The molecule has 1 N–H and O–H groups in total. The number of benzene rings is 2. The van der Waals surface area contributed by atoms with Crippen molar-refractivity contribution in [3.63, 3.8) is 0 Å². The maximum atomic E-state index is 13.0. The molecule has 0 aromatic heterocycles. The SMILES string of the molecule is COc1ccc(Cl)cc1NC(=O)COC(=O)c1cccc(N2C(=O)[C@@H]3C[C@@H](Cl)[C@@H](Cl)C[C@H]3C2=O)c1. The molecule has 1 saturated carbocycles. The van der Waals surface area contributed by atoms with Gasteiger partial charge in [0, 0.05) is 5.02 Å². The molecule has 3 amide bonds. The second-order valence-corrected chi connectivity index (χ2v) is 9.81. The molecule has 11 heteroatoms. The van der Waals surface area contributed by atoms with Crippen LogP contribution in [-0.4, -0.2) is 48.2 Å². The van der Waals surface area contributed by atoms with E-state index in [-0.39, 0.29) is 23.1 Å². The first-order valence-electron chi connectivity index (χ1n) is 10.8. The average Bonchev–Trinajstić information content (AvgIpc) is 3.07. The standard InChI is InChI=1S/C24H21Cl3N2O6/c1-34-20-6-5-13(25)8-19(20)28-21(30)11-35-24(33)12-3-2-4-14(7-12)29-22(31)15-9-17(26)18(27)10-16(15)23(29)32/h2-8,15-18H,9-11H2,1H3,(H,28,30)/t15-,16-,17-,18+/m1/s1. The Kier molecular flexibility index (Phi) is 7.54. The first-order valence-corrected chi connectivity index (χ1v) is 12.0. The first kappa shape index (κ1) is 25.3. The second-order valence-electron chi connectivity index (χ2n) is 8.25. The number of fused-ring (bicyclic) bond motifs is 1. The summed E-state index contributed by atoms with van der Waals surface area (Å²) in [6.45, 7) is -0.571. The number of methoxy groups -OCH3 is 1. The van der Waals surface area contributed by atoms with Crippen LogP contribution in [0.3, 0.4) is 0 Å². The van der Waals surface area contributed by atoms with Crippen LogP contribution in [-0.2, 0) is 19.1 Å². The van der Waals surface area contributed by atoms with Gasteiger partial charge >= 0.3 is 5.97 Å². The number of alkyl halides is 2. The highest BCUT2D eigenvalue weighted by Gasteiger charge is 2.52. The predicted molar refractivity (Wildman–Crippen MR) is 131 cm³/mol. The van der Waals surface area contributed by atoms with Gasteiger partial charge in [0.2, 0.25) is 11.8 Å². The Morgan fingerprint density at radius 3 is 2.31 bits per heavy atom. The van der Waals surface area contributed by atoms with Crippen LogP contribution in [0, 0.1) is 11.8 Å². The third-order valence-electron chi connectivity index (χ3n) is 6.02. The van der Waals surface area contributed by atoms with Gasteiger partial charge in [0.05, 0.1) is 46.6 Å². The highest BCUT2D eigenvalue weighted by atomic mass is 35.5. The molecule has 2 aromatic rings. The van der Waals surface area contributed by atoms with Gasteiger partial charge in [-0.05, 0) is 49.2 Å². The van der Waals surface area contributed by atoms with Crippen molar-refractivity contribution in [1.29, 1.82) is 0 Å². The number of hydrogen-bond donors (Lipinski definition) is 1. The topological polar surface area (TPSA) is 102 Å². The molecule has 4 rings (SSSR count). The summed E-state index contributed by atoms with van der Waals surface area (Å²) in [7, 11) is 1.44. The third-order valence-corrected chi connectivity index (χ3v) is 7.35. The summed E-state index contributed by atoms with van der Waals surface area (Å²) in [5.41, 5.74) is 0.652. The van der Waals surface area contributed by atoms with Crippen molar-refractivity contribution in [3.05, 3.63) is 53.1 Å². The quantitative estimate of drug-likeness (QED) is 0.334. The van der Waals surface area contributed by atoms with E-state index in [9.17, 15) is 19.2 Å². The summed E-state index contributed by atoms with van der Waals surface area (Å²) >= 11 is 18.4. The van der Waals surface area contributed by atoms with E-state index < -0.39 is 41.1 Å². The van der Waals surface area contributed by atoms with Gasteiger partial charge in [0.15, 0.2) is 6.61 Å². The number of carbonyl (C=O) groups excluding carboxylic acids is 4. The molecule has 8 nitrogen and oxygen atoms in total. The summed E-state index contributed by atoms with van der Waals surface area (Å²) in [5, 5.41) is 2.17. The van der Waals surface area contributed by atoms with E-state index in [0.29, 0.717) is 29.3 Å². The number of halogens is 3. The minimum atomic E-state index is -0.793. The molecule has 2 aliphatic rings. The fourth-order valence-electron chi connectivity index (χ4n) is 4.30. The predicted octanol–water partition coefficient (Wildman–Crippen LogP) is 4.26. The van der Waals surface area contributed by atoms with Crippen molar-refractivity contribution >= 4 is 69.9 Å². The van der Waals surface area contributed by atoms with Crippen LogP contribution in [0.1, 0.15) is 23.2 Å². The molecule has 2 fully saturated rings. The number of carbonyl (C=O) groups is 4. The van der Waals surface area contributed by atoms with Crippen LogP contribution in [0.2, 0.25) is 5.02 Å². The van der Waals surface area contributed by atoms with Crippen LogP contribution in [0.4, 0.5) is 11.4 Å². The number of anilines is 2. The lowest BCUT2D eigenvalue weighted by Gasteiger charge is -2.28. The summed E-state index contributed by atoms with van der Waals surface area (Å²) in [6, 6.07) is 10.6. The van der Waals surface area contributed by atoms with Crippen molar-refractivity contribution in [1.82, 2.24) is 0 Å². The Bertz CT molecular complexity index is 1160. The van der Waals surface area contributed by atoms with E-state index >= 15 is 0 Å². The van der Waals surface area contributed by atoms with Gasteiger partial charge in [-0.15, -0.1) is 23.2 Å². The first-order chi connectivity index (χ1) is 16.7. The molecule has 0 unspecified atom stereocenters. The normalized spacial score (nSPS) is 23.6. The highest BCUT2D eigenvalue weighted by molar-refractivity contribution is 6.31. The molecule has 0 bridgehead atoms. The van der Waals surface area contributed by atoms with Crippen LogP contribution in [0.15, 0.2) is 42.5 Å². The smallest absolute Gasteiger partial charge is 0.338 e. The number of nitrogens with zero attached hydrogens (tertiary/aromatic N) is 1. The molecule has 1 aliphatic carbocycles.